The lowest BCUT2D eigenvalue weighted by molar-refractivity contribution is 0.0683. The van der Waals surface area contributed by atoms with Gasteiger partial charge in [0.1, 0.15) is 5.01 Å². The van der Waals surface area contributed by atoms with Crippen molar-refractivity contribution in [3.8, 4) is 0 Å². The fourth-order valence-corrected chi connectivity index (χ4v) is 2.08. The van der Waals surface area contributed by atoms with Gasteiger partial charge in [-0.15, -0.1) is 11.3 Å². The number of nitrogens with zero attached hydrogens (tertiary/aromatic N) is 1. The first-order chi connectivity index (χ1) is 8.66. The van der Waals surface area contributed by atoms with Gasteiger partial charge in [0, 0.05) is 6.20 Å². The van der Waals surface area contributed by atoms with Crippen LogP contribution in [0.15, 0.2) is 36.5 Å². The Bertz CT molecular complexity index is 563. The average molecular weight is 265 g/mol. The van der Waals surface area contributed by atoms with Crippen LogP contribution in [0.4, 0.5) is 8.78 Å². The molecule has 0 aliphatic heterocycles. The first-order valence-electron chi connectivity index (χ1n) is 5.18. The number of hydrogen-bond acceptors (Lipinski definition) is 3. The molecule has 0 atom stereocenters. The molecule has 0 aliphatic rings. The van der Waals surface area contributed by atoms with E-state index in [1.807, 2.05) is 36.4 Å². The van der Waals surface area contributed by atoms with E-state index in [1.54, 1.807) is 6.08 Å². The highest BCUT2D eigenvalue weighted by molar-refractivity contribution is 7.14. The zero-order valence-electron chi connectivity index (χ0n) is 9.22. The minimum atomic E-state index is -2.98. The van der Waals surface area contributed by atoms with Crippen molar-refractivity contribution >= 4 is 29.3 Å². The number of ketones is 1. The van der Waals surface area contributed by atoms with Crippen molar-refractivity contribution in [3.05, 3.63) is 52.0 Å². The lowest BCUT2D eigenvalue weighted by Crippen LogP contribution is -2.07. The lowest BCUT2D eigenvalue weighted by Gasteiger charge is -1.91. The molecular formula is C13H9F2NOS. The van der Waals surface area contributed by atoms with Gasteiger partial charge in [0.2, 0.25) is 5.78 Å². The van der Waals surface area contributed by atoms with E-state index in [9.17, 15) is 13.6 Å². The normalized spacial score (nSPS) is 11.3. The third-order valence-corrected chi connectivity index (χ3v) is 3.16. The maximum atomic E-state index is 12.2. The number of carbonyl (C=O) groups excluding carboxylic acids is 1. The van der Waals surface area contributed by atoms with Crippen molar-refractivity contribution < 1.29 is 13.6 Å². The molecule has 5 heteroatoms. The second-order valence-corrected chi connectivity index (χ2v) is 4.53. The Labute approximate surface area is 107 Å². The maximum Gasteiger partial charge on any atom is 0.301 e. The number of rotatable bonds is 4. The predicted molar refractivity (Wildman–Crippen MR) is 67.8 cm³/mol. The van der Waals surface area contributed by atoms with Gasteiger partial charge in [-0.05, 0) is 11.6 Å². The monoisotopic (exact) mass is 265 g/mol. The summed E-state index contributed by atoms with van der Waals surface area (Å²) < 4.78 is 24.4. The molecule has 0 spiro atoms. The molecule has 92 valence electrons. The van der Waals surface area contributed by atoms with Gasteiger partial charge in [0.15, 0.2) is 0 Å². The highest BCUT2D eigenvalue weighted by atomic mass is 32.1. The topological polar surface area (TPSA) is 30.0 Å². The molecule has 1 aromatic heterocycles. The highest BCUT2D eigenvalue weighted by Crippen LogP contribution is 2.18. The molecule has 2 aromatic rings. The Morgan fingerprint density at radius 2 is 1.94 bits per heavy atom. The van der Waals surface area contributed by atoms with E-state index in [0.717, 1.165) is 16.9 Å². The lowest BCUT2D eigenvalue weighted by atomic mass is 10.2. The summed E-state index contributed by atoms with van der Waals surface area (Å²) in [5.41, 5.74) is 0.981. The molecule has 0 N–H and O–H groups in total. The number of benzene rings is 1. The van der Waals surface area contributed by atoms with Crippen molar-refractivity contribution in [2.45, 2.75) is 6.43 Å². The van der Waals surface area contributed by atoms with Crippen LogP contribution in [0.2, 0.25) is 0 Å². The maximum absolute atomic E-state index is 12.2. The van der Waals surface area contributed by atoms with Crippen LogP contribution < -0.4 is 0 Å². The van der Waals surface area contributed by atoms with Gasteiger partial charge < -0.3 is 0 Å². The van der Waals surface area contributed by atoms with Gasteiger partial charge in [-0.3, -0.25) is 4.79 Å². The van der Waals surface area contributed by atoms with Crippen LogP contribution in [0.1, 0.15) is 20.2 Å². The zero-order chi connectivity index (χ0) is 13.0. The number of Topliss-reactive ketones (excluding diaryl/α,β-unsaturated/α-hetero) is 1. The second-order valence-electron chi connectivity index (χ2n) is 3.47. The second kappa shape index (κ2) is 5.64. The fourth-order valence-electron chi connectivity index (χ4n) is 1.32. The van der Waals surface area contributed by atoms with E-state index in [4.69, 9.17) is 0 Å². The van der Waals surface area contributed by atoms with E-state index in [0.29, 0.717) is 5.01 Å². The van der Waals surface area contributed by atoms with Crippen LogP contribution in [0, 0.1) is 0 Å². The van der Waals surface area contributed by atoms with Gasteiger partial charge in [0.25, 0.3) is 0 Å². The van der Waals surface area contributed by atoms with E-state index in [1.165, 1.54) is 6.20 Å². The number of thiazole rings is 1. The van der Waals surface area contributed by atoms with Crippen molar-refractivity contribution in [3.63, 3.8) is 0 Å². The molecule has 0 amide bonds. The molecule has 0 aliphatic carbocycles. The highest BCUT2D eigenvalue weighted by Gasteiger charge is 2.19. The summed E-state index contributed by atoms with van der Waals surface area (Å²) in [6, 6.07) is 9.52. The molecule has 0 saturated carbocycles. The average Bonchev–Trinajstić information content (AvgIpc) is 2.85. The summed E-state index contributed by atoms with van der Waals surface area (Å²) >= 11 is 0.961. The largest absolute Gasteiger partial charge is 0.301 e. The Balaban J connectivity index is 2.12. The molecule has 0 radical (unpaired) electrons. The predicted octanol–water partition coefficient (Wildman–Crippen LogP) is 3.76. The summed E-state index contributed by atoms with van der Waals surface area (Å²) in [5.74, 6) is -1.17. The number of aromatic nitrogens is 1. The van der Waals surface area contributed by atoms with Crippen LogP contribution in [0.3, 0.4) is 0 Å². The van der Waals surface area contributed by atoms with Gasteiger partial charge in [0.05, 0.1) is 4.88 Å². The molecule has 1 aromatic carbocycles. The first-order valence-corrected chi connectivity index (χ1v) is 6.00. The number of alkyl halides is 2. The van der Waals surface area contributed by atoms with E-state index >= 15 is 0 Å². The Morgan fingerprint density at radius 3 is 2.61 bits per heavy atom. The summed E-state index contributed by atoms with van der Waals surface area (Å²) in [7, 11) is 0. The Kier molecular flexibility index (Phi) is 3.94. The minimum Gasteiger partial charge on any atom is -0.287 e. The number of hydrogen-bond donors (Lipinski definition) is 0. The van der Waals surface area contributed by atoms with Crippen molar-refractivity contribution in [1.29, 1.82) is 0 Å². The summed E-state index contributed by atoms with van der Waals surface area (Å²) in [4.78, 5) is 14.9. The summed E-state index contributed by atoms with van der Waals surface area (Å²) in [5, 5.41) is 0.530. The van der Waals surface area contributed by atoms with Crippen molar-refractivity contribution in [2.75, 3.05) is 0 Å². The third kappa shape index (κ3) is 3.07. The summed E-state index contributed by atoms with van der Waals surface area (Å²) in [6.45, 7) is 0. The minimum absolute atomic E-state index is 0.0160. The Hall–Kier alpha value is -1.88. The molecule has 18 heavy (non-hydrogen) atoms. The molecule has 0 bridgehead atoms. The Morgan fingerprint density at radius 1 is 1.22 bits per heavy atom. The molecule has 1 heterocycles. The molecule has 0 saturated heterocycles. The SMILES string of the molecule is O=C(c1cnc(/C=C/c2ccccc2)s1)C(F)F. The van der Waals surface area contributed by atoms with Crippen molar-refractivity contribution in [2.24, 2.45) is 0 Å². The van der Waals surface area contributed by atoms with Crippen molar-refractivity contribution in [1.82, 2.24) is 4.98 Å². The number of halogens is 2. The van der Waals surface area contributed by atoms with E-state index < -0.39 is 12.2 Å². The smallest absolute Gasteiger partial charge is 0.287 e. The molecule has 0 unspecified atom stereocenters. The summed E-state index contributed by atoms with van der Waals surface area (Å²) in [6.07, 6.45) is 1.72. The zero-order valence-corrected chi connectivity index (χ0v) is 10.0. The molecule has 2 nitrogen and oxygen atoms in total. The first kappa shape index (κ1) is 12.6. The fraction of sp³-hybridized carbons (Fsp3) is 0.0769. The quantitative estimate of drug-likeness (QED) is 0.788. The van der Waals surface area contributed by atoms with Gasteiger partial charge in [-0.2, -0.15) is 0 Å². The van der Waals surface area contributed by atoms with E-state index in [-0.39, 0.29) is 4.88 Å². The third-order valence-electron chi connectivity index (χ3n) is 2.18. The van der Waals surface area contributed by atoms with Gasteiger partial charge in [-0.1, -0.05) is 36.4 Å². The molecular weight excluding hydrogens is 256 g/mol. The molecule has 2 rings (SSSR count). The van der Waals surface area contributed by atoms with Crippen LogP contribution in [0.5, 0.6) is 0 Å². The standard InChI is InChI=1S/C13H9F2NOS/c14-13(15)12(17)10-8-16-11(18-10)7-6-9-4-2-1-3-5-9/h1-8,13H/b7-6+. The van der Waals surface area contributed by atoms with Crippen LogP contribution in [-0.2, 0) is 0 Å². The molecule has 0 fully saturated rings. The van der Waals surface area contributed by atoms with Gasteiger partial charge >= 0.3 is 6.43 Å². The van der Waals surface area contributed by atoms with Gasteiger partial charge in [-0.25, -0.2) is 13.8 Å². The van der Waals surface area contributed by atoms with Crippen LogP contribution in [0.25, 0.3) is 12.2 Å². The van der Waals surface area contributed by atoms with E-state index in [2.05, 4.69) is 4.98 Å². The van der Waals surface area contributed by atoms with Crippen LogP contribution >= 0.6 is 11.3 Å². The number of carbonyl (C=O) groups is 1. The van der Waals surface area contributed by atoms with Crippen LogP contribution in [-0.4, -0.2) is 17.2 Å².